The molecule has 0 amide bonds. The van der Waals surface area contributed by atoms with Crippen LogP contribution in [0.25, 0.3) is 33.5 Å². The summed E-state index contributed by atoms with van der Waals surface area (Å²) < 4.78 is 13.2. The fourth-order valence-electron chi connectivity index (χ4n) is 2.42. The number of carboxylic acids is 1. The summed E-state index contributed by atoms with van der Waals surface area (Å²) in [6, 6.07) is 8.99. The van der Waals surface area contributed by atoms with Crippen LogP contribution in [0, 0.1) is 5.82 Å². The van der Waals surface area contributed by atoms with E-state index in [1.165, 1.54) is 24.3 Å². The van der Waals surface area contributed by atoms with Crippen molar-refractivity contribution in [3.8, 4) is 11.5 Å². The third-order valence-corrected chi connectivity index (χ3v) is 3.48. The Labute approximate surface area is 122 Å². The Kier molecular flexibility index (Phi) is 2.50. The molecule has 0 atom stereocenters. The van der Waals surface area contributed by atoms with Crippen LogP contribution in [0.3, 0.4) is 0 Å². The number of hydrogen-bond acceptors (Lipinski definition) is 3. The van der Waals surface area contributed by atoms with Crippen LogP contribution in [0.4, 0.5) is 4.39 Å². The van der Waals surface area contributed by atoms with Gasteiger partial charge in [-0.3, -0.25) is 5.10 Å². The summed E-state index contributed by atoms with van der Waals surface area (Å²) in [5.74, 6) is -0.865. The first-order chi connectivity index (χ1) is 10.6. The molecule has 6 nitrogen and oxygen atoms in total. The van der Waals surface area contributed by atoms with E-state index in [4.69, 9.17) is 5.11 Å². The van der Waals surface area contributed by atoms with Gasteiger partial charge in [-0.15, -0.1) is 0 Å². The van der Waals surface area contributed by atoms with Crippen molar-refractivity contribution in [3.05, 3.63) is 47.8 Å². The largest absolute Gasteiger partial charge is 0.478 e. The van der Waals surface area contributed by atoms with Crippen LogP contribution in [-0.2, 0) is 0 Å². The highest BCUT2D eigenvalue weighted by Crippen LogP contribution is 2.27. The number of halogens is 1. The predicted molar refractivity (Wildman–Crippen MR) is 78.1 cm³/mol. The molecule has 0 saturated carbocycles. The van der Waals surface area contributed by atoms with Crippen molar-refractivity contribution in [2.45, 2.75) is 0 Å². The third-order valence-electron chi connectivity index (χ3n) is 3.48. The SMILES string of the molecule is O=C(O)c1ccc2c(-c3nc4cc(F)ccc4[nH]3)n[nH]c2c1. The molecule has 2 heterocycles. The standard InChI is InChI=1S/C15H9FN4O2/c16-8-2-4-10-12(6-8)18-14(17-10)13-9-3-1-7(15(21)22)5-11(9)19-20-13/h1-6H,(H,17,18)(H,19,20)(H,21,22). The number of imidazole rings is 1. The summed E-state index contributed by atoms with van der Waals surface area (Å²) in [4.78, 5) is 18.4. The van der Waals surface area contributed by atoms with Crippen LogP contribution in [0.15, 0.2) is 36.4 Å². The van der Waals surface area contributed by atoms with Crippen LogP contribution in [0.2, 0.25) is 0 Å². The molecule has 0 aliphatic heterocycles. The zero-order valence-corrected chi connectivity index (χ0v) is 11.1. The van der Waals surface area contributed by atoms with Crippen LogP contribution in [0.1, 0.15) is 10.4 Å². The fraction of sp³-hybridized carbons (Fsp3) is 0. The van der Waals surface area contributed by atoms with E-state index in [0.717, 1.165) is 5.39 Å². The zero-order chi connectivity index (χ0) is 15.3. The molecule has 0 aliphatic carbocycles. The average molecular weight is 296 g/mol. The monoisotopic (exact) mass is 296 g/mol. The molecule has 2 aromatic carbocycles. The second kappa shape index (κ2) is 4.39. The fourth-order valence-corrected chi connectivity index (χ4v) is 2.42. The Balaban J connectivity index is 1.90. The summed E-state index contributed by atoms with van der Waals surface area (Å²) in [6.07, 6.45) is 0. The van der Waals surface area contributed by atoms with Gasteiger partial charge in [0.2, 0.25) is 0 Å². The van der Waals surface area contributed by atoms with E-state index >= 15 is 0 Å². The number of aromatic amines is 2. The first-order valence-electron chi connectivity index (χ1n) is 6.49. The van der Waals surface area contributed by atoms with Crippen molar-refractivity contribution >= 4 is 27.9 Å². The van der Waals surface area contributed by atoms with Gasteiger partial charge in [0.15, 0.2) is 5.82 Å². The molecule has 0 aliphatic rings. The lowest BCUT2D eigenvalue weighted by Crippen LogP contribution is -1.94. The summed E-state index contributed by atoms with van der Waals surface area (Å²) in [6.45, 7) is 0. The molecule has 7 heteroatoms. The molecule has 2 aromatic heterocycles. The number of benzene rings is 2. The minimum absolute atomic E-state index is 0.175. The highest BCUT2D eigenvalue weighted by molar-refractivity contribution is 5.98. The molecule has 22 heavy (non-hydrogen) atoms. The van der Waals surface area contributed by atoms with Gasteiger partial charge in [-0.05, 0) is 30.3 Å². The molecule has 4 rings (SSSR count). The third kappa shape index (κ3) is 1.83. The van der Waals surface area contributed by atoms with Crippen LogP contribution in [-0.4, -0.2) is 31.2 Å². The minimum atomic E-state index is -1.00. The number of fused-ring (bicyclic) bond motifs is 2. The minimum Gasteiger partial charge on any atom is -0.478 e. The normalized spacial score (nSPS) is 11.3. The van der Waals surface area contributed by atoms with Crippen molar-refractivity contribution < 1.29 is 14.3 Å². The quantitative estimate of drug-likeness (QED) is 0.530. The summed E-state index contributed by atoms with van der Waals surface area (Å²) >= 11 is 0. The Bertz CT molecular complexity index is 1030. The van der Waals surface area contributed by atoms with E-state index in [2.05, 4.69) is 20.2 Å². The molecule has 0 unspecified atom stereocenters. The highest BCUT2D eigenvalue weighted by Gasteiger charge is 2.14. The average Bonchev–Trinajstić information content (AvgIpc) is 3.08. The molecule has 0 bridgehead atoms. The molecule has 0 saturated heterocycles. The van der Waals surface area contributed by atoms with Gasteiger partial charge in [-0.25, -0.2) is 14.2 Å². The molecule has 108 valence electrons. The Morgan fingerprint density at radius 2 is 2.00 bits per heavy atom. The number of H-pyrrole nitrogens is 2. The van der Waals surface area contributed by atoms with Gasteiger partial charge in [0.05, 0.1) is 22.1 Å². The number of aromatic nitrogens is 4. The smallest absolute Gasteiger partial charge is 0.335 e. The van der Waals surface area contributed by atoms with E-state index in [0.29, 0.717) is 28.1 Å². The van der Waals surface area contributed by atoms with Gasteiger partial charge in [0, 0.05) is 11.5 Å². The summed E-state index contributed by atoms with van der Waals surface area (Å²) in [5.41, 5.74) is 2.54. The molecule has 0 spiro atoms. The van der Waals surface area contributed by atoms with Gasteiger partial charge in [-0.1, -0.05) is 0 Å². The van der Waals surface area contributed by atoms with Gasteiger partial charge in [0.25, 0.3) is 0 Å². The van der Waals surface area contributed by atoms with E-state index in [1.54, 1.807) is 12.1 Å². The summed E-state index contributed by atoms with van der Waals surface area (Å²) in [5, 5.41) is 16.7. The number of nitrogens with zero attached hydrogens (tertiary/aromatic N) is 2. The van der Waals surface area contributed by atoms with Crippen LogP contribution in [0.5, 0.6) is 0 Å². The van der Waals surface area contributed by atoms with E-state index < -0.39 is 5.97 Å². The maximum absolute atomic E-state index is 13.2. The lowest BCUT2D eigenvalue weighted by molar-refractivity contribution is 0.0697. The first kappa shape index (κ1) is 12.5. The molecular formula is C15H9FN4O2. The topological polar surface area (TPSA) is 94.7 Å². The number of carbonyl (C=O) groups is 1. The number of hydrogen-bond donors (Lipinski definition) is 3. The van der Waals surface area contributed by atoms with Crippen molar-refractivity contribution in [2.75, 3.05) is 0 Å². The van der Waals surface area contributed by atoms with Crippen molar-refractivity contribution in [1.82, 2.24) is 20.2 Å². The van der Waals surface area contributed by atoms with Crippen molar-refractivity contribution in [2.24, 2.45) is 0 Å². The van der Waals surface area contributed by atoms with Crippen molar-refractivity contribution in [1.29, 1.82) is 0 Å². The predicted octanol–water partition coefficient (Wildman–Crippen LogP) is 2.94. The maximum atomic E-state index is 13.2. The second-order valence-corrected chi connectivity index (χ2v) is 4.88. The highest BCUT2D eigenvalue weighted by atomic mass is 19.1. The Hall–Kier alpha value is -3.22. The maximum Gasteiger partial charge on any atom is 0.335 e. The zero-order valence-electron chi connectivity index (χ0n) is 11.1. The van der Waals surface area contributed by atoms with E-state index in [1.807, 2.05) is 0 Å². The Morgan fingerprint density at radius 1 is 1.14 bits per heavy atom. The first-order valence-corrected chi connectivity index (χ1v) is 6.49. The Morgan fingerprint density at radius 3 is 2.82 bits per heavy atom. The molecule has 4 aromatic rings. The van der Waals surface area contributed by atoms with Gasteiger partial charge in [-0.2, -0.15) is 5.10 Å². The molecule has 0 fully saturated rings. The molecule has 3 N–H and O–H groups in total. The van der Waals surface area contributed by atoms with Crippen molar-refractivity contribution in [3.63, 3.8) is 0 Å². The van der Waals surface area contributed by atoms with Crippen LogP contribution >= 0.6 is 0 Å². The molecular weight excluding hydrogens is 287 g/mol. The summed E-state index contributed by atoms with van der Waals surface area (Å²) in [7, 11) is 0. The van der Waals surface area contributed by atoms with E-state index in [-0.39, 0.29) is 11.4 Å². The lowest BCUT2D eigenvalue weighted by Gasteiger charge is -1.95. The second-order valence-electron chi connectivity index (χ2n) is 4.88. The van der Waals surface area contributed by atoms with E-state index in [9.17, 15) is 9.18 Å². The number of nitrogens with one attached hydrogen (secondary N) is 2. The number of carboxylic acid groups (broad SMARTS) is 1. The lowest BCUT2D eigenvalue weighted by atomic mass is 10.1. The number of aromatic carboxylic acids is 1. The molecule has 0 radical (unpaired) electrons. The van der Waals surface area contributed by atoms with Crippen LogP contribution < -0.4 is 0 Å². The van der Waals surface area contributed by atoms with Gasteiger partial charge >= 0.3 is 5.97 Å². The van der Waals surface area contributed by atoms with Gasteiger partial charge in [0.1, 0.15) is 11.5 Å². The van der Waals surface area contributed by atoms with Gasteiger partial charge < -0.3 is 10.1 Å². The number of rotatable bonds is 2.